The predicted octanol–water partition coefficient (Wildman–Crippen LogP) is 1.68. The molecule has 1 saturated heterocycles. The molecule has 1 aliphatic heterocycles. The lowest BCUT2D eigenvalue weighted by atomic mass is 9.42. The molecule has 5 saturated carbocycles. The fourth-order valence-corrected chi connectivity index (χ4v) is 12.2. The molecule has 45 heavy (non-hydrogen) atoms. The van der Waals surface area contributed by atoms with Crippen molar-refractivity contribution in [3.8, 4) is 0 Å². The van der Waals surface area contributed by atoms with E-state index in [4.69, 9.17) is 28.4 Å². The van der Waals surface area contributed by atoms with Crippen LogP contribution < -0.4 is 0 Å². The van der Waals surface area contributed by atoms with Gasteiger partial charge in [0.15, 0.2) is 0 Å². The number of carbonyl (C=O) groups excluding carboxylic acids is 2. The molecule has 1 aromatic rings. The smallest absolute Gasteiger partial charge is 0.338 e. The Morgan fingerprint density at radius 3 is 2.31 bits per heavy atom. The van der Waals surface area contributed by atoms with Crippen molar-refractivity contribution < 1.29 is 48.2 Å². The Morgan fingerprint density at radius 2 is 1.71 bits per heavy atom. The van der Waals surface area contributed by atoms with Gasteiger partial charge in [0.1, 0.15) is 17.3 Å². The number of esters is 2. The number of carbonyl (C=O) groups is 2. The zero-order valence-electron chi connectivity index (χ0n) is 27.0. The molecule has 248 valence electrons. The number of aliphatic hydroxyl groups excluding tert-OH is 1. The normalized spacial score (nSPS) is 49.1. The lowest BCUT2D eigenvalue weighted by molar-refractivity contribution is -0.300. The summed E-state index contributed by atoms with van der Waals surface area (Å²) < 4.78 is 37.9. The number of nitrogens with zero attached hydrogens (tertiary/aromatic N) is 1. The minimum atomic E-state index is -1.55. The van der Waals surface area contributed by atoms with Gasteiger partial charge in [0, 0.05) is 89.4 Å². The molecule has 11 nitrogen and oxygen atoms in total. The molecule has 0 radical (unpaired) electrons. The van der Waals surface area contributed by atoms with E-state index < -0.39 is 76.3 Å². The fourth-order valence-electron chi connectivity index (χ4n) is 12.2. The van der Waals surface area contributed by atoms with Gasteiger partial charge >= 0.3 is 11.9 Å². The fraction of sp³-hybridized carbons (Fsp3) is 0.765. The van der Waals surface area contributed by atoms with Crippen LogP contribution in [0, 0.1) is 34.5 Å². The van der Waals surface area contributed by atoms with E-state index in [1.807, 2.05) is 6.07 Å². The molecule has 7 bridgehead atoms. The maximum absolute atomic E-state index is 13.7. The summed E-state index contributed by atoms with van der Waals surface area (Å²) in [4.78, 5) is 29.3. The van der Waals surface area contributed by atoms with Crippen LogP contribution in [0.1, 0.15) is 43.5 Å². The maximum Gasteiger partial charge on any atom is 0.338 e. The van der Waals surface area contributed by atoms with E-state index in [0.29, 0.717) is 31.7 Å². The molecule has 1 heterocycles. The molecule has 11 heteroatoms. The van der Waals surface area contributed by atoms with Gasteiger partial charge in [0.2, 0.25) is 0 Å². The molecule has 5 aliphatic carbocycles. The number of methoxy groups -OCH3 is 4. The lowest BCUT2D eigenvalue weighted by Crippen LogP contribution is -2.79. The van der Waals surface area contributed by atoms with Crippen molar-refractivity contribution in [1.29, 1.82) is 0 Å². The Labute approximate surface area is 264 Å². The third kappa shape index (κ3) is 3.72. The first-order valence-corrected chi connectivity index (χ1v) is 16.2. The van der Waals surface area contributed by atoms with Crippen molar-refractivity contribution in [2.45, 2.75) is 80.9 Å². The van der Waals surface area contributed by atoms with E-state index >= 15 is 0 Å². The molecular weight excluding hydrogens is 582 g/mol. The second-order valence-electron chi connectivity index (χ2n) is 14.4. The molecule has 0 unspecified atom stereocenters. The van der Waals surface area contributed by atoms with E-state index in [1.165, 1.54) is 6.92 Å². The van der Waals surface area contributed by atoms with E-state index in [0.717, 1.165) is 0 Å². The number of ether oxygens (including phenoxy) is 6. The third-order valence-corrected chi connectivity index (χ3v) is 13.1. The van der Waals surface area contributed by atoms with Gasteiger partial charge in [-0.15, -0.1) is 0 Å². The zero-order chi connectivity index (χ0) is 32.1. The summed E-state index contributed by atoms with van der Waals surface area (Å²) in [6.07, 6.45) is -2.55. The molecular formula is C34H47NO10. The summed E-state index contributed by atoms with van der Waals surface area (Å²) in [5, 5.41) is 24.8. The third-order valence-electron chi connectivity index (χ3n) is 13.1. The average molecular weight is 630 g/mol. The van der Waals surface area contributed by atoms with Crippen LogP contribution in [0.15, 0.2) is 30.3 Å². The zero-order valence-corrected chi connectivity index (χ0v) is 27.0. The van der Waals surface area contributed by atoms with Crippen molar-refractivity contribution in [1.82, 2.24) is 4.90 Å². The molecule has 6 aliphatic rings. The second-order valence-corrected chi connectivity index (χ2v) is 14.4. The van der Waals surface area contributed by atoms with Gasteiger partial charge < -0.3 is 38.6 Å². The highest BCUT2D eigenvalue weighted by molar-refractivity contribution is 5.89. The highest BCUT2D eigenvalue weighted by atomic mass is 16.6. The first kappa shape index (κ1) is 31.5. The number of hydrogen-bond donors (Lipinski definition) is 2. The van der Waals surface area contributed by atoms with E-state index in [-0.39, 0.29) is 30.7 Å². The summed E-state index contributed by atoms with van der Waals surface area (Å²) in [7, 11) is 6.58. The van der Waals surface area contributed by atoms with Crippen LogP contribution in [0.3, 0.4) is 0 Å². The van der Waals surface area contributed by atoms with Crippen LogP contribution in [0.2, 0.25) is 0 Å². The summed E-state index contributed by atoms with van der Waals surface area (Å²) in [6, 6.07) is 8.56. The Balaban J connectivity index is 1.50. The van der Waals surface area contributed by atoms with Gasteiger partial charge in [0.05, 0.1) is 36.6 Å². The van der Waals surface area contributed by atoms with Crippen LogP contribution in [-0.4, -0.2) is 123 Å². The van der Waals surface area contributed by atoms with Gasteiger partial charge in [-0.25, -0.2) is 4.79 Å². The summed E-state index contributed by atoms with van der Waals surface area (Å²) in [6.45, 7) is 5.08. The van der Waals surface area contributed by atoms with Crippen LogP contribution in [0.25, 0.3) is 0 Å². The minimum Gasteiger partial charge on any atom is -0.458 e. The van der Waals surface area contributed by atoms with E-state index in [2.05, 4.69) is 11.8 Å². The Kier molecular flexibility index (Phi) is 7.48. The van der Waals surface area contributed by atoms with Gasteiger partial charge in [-0.1, -0.05) is 25.1 Å². The Morgan fingerprint density at radius 1 is 1.00 bits per heavy atom. The Bertz CT molecular complexity index is 1330. The SMILES string of the molecule is CCN1C[C@]2(COC)[C@H](O)C[C@H](OC)[C@@]34[C@@H]5C[C@]6(O)[C@@H](OC)C[C@@](OC(C)=O)([C@H]5[C@H]6OC(=O)c5ccccc5)[C@@H]([C@H](OC)[C@H]23)[C@H]14. The molecule has 7 rings (SSSR count). The molecule has 6 fully saturated rings. The van der Waals surface area contributed by atoms with Crippen LogP contribution in [0.5, 0.6) is 0 Å². The number of aliphatic hydroxyl groups is 2. The van der Waals surface area contributed by atoms with E-state index in [9.17, 15) is 19.8 Å². The van der Waals surface area contributed by atoms with Crippen molar-refractivity contribution in [2.75, 3.05) is 48.1 Å². The van der Waals surface area contributed by atoms with Gasteiger partial charge in [-0.05, 0) is 31.0 Å². The van der Waals surface area contributed by atoms with Gasteiger partial charge in [0.25, 0.3) is 0 Å². The first-order valence-electron chi connectivity index (χ1n) is 16.2. The van der Waals surface area contributed by atoms with Crippen LogP contribution >= 0.6 is 0 Å². The van der Waals surface area contributed by atoms with Crippen molar-refractivity contribution in [3.05, 3.63) is 35.9 Å². The van der Waals surface area contributed by atoms with Gasteiger partial charge in [-0.2, -0.15) is 0 Å². The largest absolute Gasteiger partial charge is 0.458 e. The summed E-state index contributed by atoms with van der Waals surface area (Å²) in [5.41, 5.74) is -3.74. The number of hydrogen-bond acceptors (Lipinski definition) is 11. The highest BCUT2D eigenvalue weighted by Crippen LogP contribution is 2.80. The second kappa shape index (κ2) is 10.7. The number of fused-ring (bicyclic) bond motifs is 2. The topological polar surface area (TPSA) is 133 Å². The average Bonchev–Trinajstić information content (AvgIpc) is 3.40. The molecule has 1 aromatic carbocycles. The quantitative estimate of drug-likeness (QED) is 0.387. The number of rotatable bonds is 9. The molecule has 2 N–H and O–H groups in total. The summed E-state index contributed by atoms with van der Waals surface area (Å²) in [5.74, 6) is -2.55. The first-order chi connectivity index (χ1) is 21.5. The van der Waals surface area contributed by atoms with E-state index in [1.54, 1.807) is 52.7 Å². The molecule has 14 atom stereocenters. The van der Waals surface area contributed by atoms with Crippen molar-refractivity contribution >= 4 is 11.9 Å². The Hall–Kier alpha value is -2.12. The highest BCUT2D eigenvalue weighted by Gasteiger charge is 2.90. The lowest BCUT2D eigenvalue weighted by Gasteiger charge is -2.70. The number of piperidine rings is 1. The molecule has 0 aromatic heterocycles. The summed E-state index contributed by atoms with van der Waals surface area (Å²) >= 11 is 0. The minimum absolute atomic E-state index is 0.163. The number of benzene rings is 1. The van der Waals surface area contributed by atoms with Gasteiger partial charge in [-0.3, -0.25) is 9.69 Å². The maximum atomic E-state index is 13.7. The van der Waals surface area contributed by atoms with Crippen LogP contribution in [-0.2, 0) is 33.2 Å². The molecule has 1 spiro atoms. The molecule has 0 amide bonds. The van der Waals surface area contributed by atoms with Crippen molar-refractivity contribution in [3.63, 3.8) is 0 Å². The number of likely N-dealkylation sites (tertiary alicyclic amines) is 1. The van der Waals surface area contributed by atoms with Crippen molar-refractivity contribution in [2.24, 2.45) is 34.5 Å². The monoisotopic (exact) mass is 629 g/mol. The van der Waals surface area contributed by atoms with Crippen LogP contribution in [0.4, 0.5) is 0 Å². The standard InChI is InChI=1S/C34H47NO10/c1-7-35-16-31(17-40-3)21(37)13-22(41-4)34-20-14-32(39)23(42-5)15-33(45-18(2)36,25(28(34)35)26(43-6)27(31)34)24(20)29(32)44-30(38)19-11-9-8-10-12-19/h8-12,20-29,37,39H,7,13-17H2,1-6H3/t20-,21-,22+,23+,24-,25+,26+,27-,28+,29-,31+,32+,33-,34+/m1/s1. The predicted molar refractivity (Wildman–Crippen MR) is 159 cm³/mol.